The fourth-order valence-corrected chi connectivity index (χ4v) is 1.91. The first-order valence-corrected chi connectivity index (χ1v) is 5.07. The van der Waals surface area contributed by atoms with Crippen LogP contribution in [0.1, 0.15) is 25.5 Å². The van der Waals surface area contributed by atoms with E-state index in [1.54, 1.807) is 26.0 Å². The minimum Gasteiger partial charge on any atom is -0.455 e. The molecule has 1 aromatic carbocycles. The van der Waals surface area contributed by atoms with Gasteiger partial charge in [-0.25, -0.2) is 9.18 Å². The average Bonchev–Trinajstić information content (AvgIpc) is 2.44. The summed E-state index contributed by atoms with van der Waals surface area (Å²) in [7, 11) is 0. The van der Waals surface area contributed by atoms with E-state index < -0.39 is 23.6 Å². The number of esters is 1. The number of hydrogen-bond acceptors (Lipinski definition) is 3. The Morgan fingerprint density at radius 3 is 2.31 bits per heavy atom. The van der Waals surface area contributed by atoms with Gasteiger partial charge in [0.15, 0.2) is 6.10 Å². The second-order valence-electron chi connectivity index (χ2n) is 4.59. The van der Waals surface area contributed by atoms with Crippen LogP contribution in [0.4, 0.5) is 4.39 Å². The molecule has 0 aliphatic carbocycles. The molecule has 2 atom stereocenters. The van der Waals surface area contributed by atoms with Crippen molar-refractivity contribution in [2.45, 2.75) is 26.1 Å². The van der Waals surface area contributed by atoms with Crippen molar-refractivity contribution in [1.82, 2.24) is 0 Å². The number of carbonyl (C=O) groups excluding carboxylic acids is 1. The van der Waals surface area contributed by atoms with Crippen molar-refractivity contribution in [2.24, 2.45) is 5.41 Å². The van der Waals surface area contributed by atoms with E-state index in [4.69, 9.17) is 4.74 Å². The summed E-state index contributed by atoms with van der Waals surface area (Å²) in [4.78, 5) is 11.3. The molecule has 1 aromatic rings. The van der Waals surface area contributed by atoms with E-state index >= 15 is 0 Å². The number of ether oxygens (including phenoxy) is 1. The van der Waals surface area contributed by atoms with E-state index in [9.17, 15) is 14.3 Å². The van der Waals surface area contributed by atoms with Crippen LogP contribution >= 0.6 is 0 Å². The van der Waals surface area contributed by atoms with Gasteiger partial charge in [0.25, 0.3) is 0 Å². The number of aliphatic hydroxyl groups excluding tert-OH is 1. The van der Waals surface area contributed by atoms with Gasteiger partial charge in [0.1, 0.15) is 11.9 Å². The zero-order valence-electron chi connectivity index (χ0n) is 9.11. The number of carbonyl (C=O) groups is 1. The lowest BCUT2D eigenvalue weighted by atomic mass is 9.80. The summed E-state index contributed by atoms with van der Waals surface area (Å²) in [5.74, 6) is -0.967. The van der Waals surface area contributed by atoms with Crippen LogP contribution in [0, 0.1) is 11.2 Å². The third kappa shape index (κ3) is 1.59. The first-order valence-electron chi connectivity index (χ1n) is 5.07. The normalized spacial score (nSPS) is 27.9. The second kappa shape index (κ2) is 3.56. The Bertz CT molecular complexity index is 411. The van der Waals surface area contributed by atoms with Gasteiger partial charge in [0.05, 0.1) is 0 Å². The molecule has 0 amide bonds. The highest BCUT2D eigenvalue weighted by Crippen LogP contribution is 2.45. The molecule has 1 aliphatic rings. The van der Waals surface area contributed by atoms with Crippen molar-refractivity contribution >= 4 is 5.97 Å². The average molecular weight is 224 g/mol. The maximum Gasteiger partial charge on any atom is 0.336 e. The molecule has 1 aliphatic heterocycles. The lowest BCUT2D eigenvalue weighted by molar-refractivity contribution is -0.147. The first kappa shape index (κ1) is 11.1. The van der Waals surface area contributed by atoms with Crippen LogP contribution in [0.15, 0.2) is 24.3 Å². The lowest BCUT2D eigenvalue weighted by Gasteiger charge is -2.25. The highest BCUT2D eigenvalue weighted by atomic mass is 19.1. The van der Waals surface area contributed by atoms with Gasteiger partial charge in [-0.3, -0.25) is 0 Å². The van der Waals surface area contributed by atoms with Crippen LogP contribution in [-0.2, 0) is 9.53 Å². The summed E-state index contributed by atoms with van der Waals surface area (Å²) in [6, 6.07) is 5.74. The van der Waals surface area contributed by atoms with E-state index in [-0.39, 0.29) is 5.82 Å². The van der Waals surface area contributed by atoms with Gasteiger partial charge < -0.3 is 9.84 Å². The van der Waals surface area contributed by atoms with Gasteiger partial charge in [-0.1, -0.05) is 26.0 Å². The Kier molecular flexibility index (Phi) is 2.46. The Morgan fingerprint density at radius 2 is 1.88 bits per heavy atom. The van der Waals surface area contributed by atoms with Crippen LogP contribution in [-0.4, -0.2) is 17.2 Å². The van der Waals surface area contributed by atoms with Crippen LogP contribution in [0.2, 0.25) is 0 Å². The zero-order chi connectivity index (χ0) is 11.9. The fourth-order valence-electron chi connectivity index (χ4n) is 1.91. The monoisotopic (exact) mass is 224 g/mol. The zero-order valence-corrected chi connectivity index (χ0v) is 9.11. The molecule has 1 heterocycles. The SMILES string of the molecule is CC1(C)[C@H](O)C(=O)O[C@@H]1c1ccc(F)cc1. The van der Waals surface area contributed by atoms with Crippen molar-refractivity contribution in [1.29, 1.82) is 0 Å². The molecule has 1 N–H and O–H groups in total. The third-order valence-corrected chi connectivity index (χ3v) is 3.01. The van der Waals surface area contributed by atoms with E-state index in [1.165, 1.54) is 12.1 Å². The Labute approximate surface area is 92.9 Å². The van der Waals surface area contributed by atoms with Crippen molar-refractivity contribution in [3.63, 3.8) is 0 Å². The second-order valence-corrected chi connectivity index (χ2v) is 4.59. The molecule has 0 radical (unpaired) electrons. The highest BCUT2D eigenvalue weighted by Gasteiger charge is 2.50. The number of hydrogen-bond donors (Lipinski definition) is 1. The molecule has 0 unspecified atom stereocenters. The topological polar surface area (TPSA) is 46.5 Å². The lowest BCUT2D eigenvalue weighted by Crippen LogP contribution is -2.30. The number of cyclic esters (lactones) is 1. The molecule has 0 aromatic heterocycles. The van der Waals surface area contributed by atoms with Crippen molar-refractivity contribution in [3.05, 3.63) is 35.6 Å². The van der Waals surface area contributed by atoms with Gasteiger partial charge in [0.2, 0.25) is 0 Å². The van der Waals surface area contributed by atoms with Crippen LogP contribution < -0.4 is 0 Å². The summed E-state index contributed by atoms with van der Waals surface area (Å²) in [6.45, 7) is 3.49. The smallest absolute Gasteiger partial charge is 0.336 e. The molecule has 1 saturated heterocycles. The summed E-state index contributed by atoms with van der Waals surface area (Å²) in [5.41, 5.74) is -0.00847. The minimum atomic E-state index is -1.14. The fraction of sp³-hybridized carbons (Fsp3) is 0.417. The summed E-state index contributed by atoms with van der Waals surface area (Å²) >= 11 is 0. The summed E-state index contributed by atoms with van der Waals surface area (Å²) in [6.07, 6.45) is -1.67. The predicted molar refractivity (Wildman–Crippen MR) is 55.0 cm³/mol. The summed E-state index contributed by atoms with van der Waals surface area (Å²) < 4.78 is 17.9. The van der Waals surface area contributed by atoms with Gasteiger partial charge in [-0.2, -0.15) is 0 Å². The van der Waals surface area contributed by atoms with E-state index in [0.29, 0.717) is 5.56 Å². The molecule has 2 rings (SSSR count). The van der Waals surface area contributed by atoms with Gasteiger partial charge in [-0.15, -0.1) is 0 Å². The van der Waals surface area contributed by atoms with Crippen molar-refractivity contribution in [3.8, 4) is 0 Å². The molecule has 0 bridgehead atoms. The minimum absolute atomic E-state index is 0.341. The highest BCUT2D eigenvalue weighted by molar-refractivity contribution is 5.78. The van der Waals surface area contributed by atoms with E-state index in [1.807, 2.05) is 0 Å². The van der Waals surface area contributed by atoms with E-state index in [0.717, 1.165) is 0 Å². The molecule has 16 heavy (non-hydrogen) atoms. The number of benzene rings is 1. The molecule has 86 valence electrons. The molecule has 1 fully saturated rings. The van der Waals surface area contributed by atoms with Crippen LogP contribution in [0.25, 0.3) is 0 Å². The summed E-state index contributed by atoms with van der Waals surface area (Å²) in [5, 5.41) is 9.66. The molecule has 0 saturated carbocycles. The maximum absolute atomic E-state index is 12.8. The molecular weight excluding hydrogens is 211 g/mol. The Balaban J connectivity index is 2.35. The third-order valence-electron chi connectivity index (χ3n) is 3.01. The molecular formula is C12H13FO3. The molecule has 0 spiro atoms. The van der Waals surface area contributed by atoms with Crippen molar-refractivity contribution < 1.29 is 19.0 Å². The first-order chi connectivity index (χ1) is 7.43. The Hall–Kier alpha value is -1.42. The van der Waals surface area contributed by atoms with Crippen molar-refractivity contribution in [2.75, 3.05) is 0 Å². The maximum atomic E-state index is 12.8. The number of rotatable bonds is 1. The van der Waals surface area contributed by atoms with Gasteiger partial charge in [-0.05, 0) is 17.7 Å². The van der Waals surface area contributed by atoms with Crippen LogP contribution in [0.5, 0.6) is 0 Å². The van der Waals surface area contributed by atoms with Gasteiger partial charge in [0, 0.05) is 5.41 Å². The van der Waals surface area contributed by atoms with E-state index in [2.05, 4.69) is 0 Å². The van der Waals surface area contributed by atoms with Crippen LogP contribution in [0.3, 0.4) is 0 Å². The van der Waals surface area contributed by atoms with Gasteiger partial charge >= 0.3 is 5.97 Å². The molecule has 4 heteroatoms. The number of halogens is 1. The standard InChI is InChI=1S/C12H13FO3/c1-12(2)9(14)11(15)16-10(12)7-3-5-8(13)6-4-7/h3-6,9-10,14H,1-2H3/t9-,10-/m1/s1. The number of aliphatic hydroxyl groups is 1. The quantitative estimate of drug-likeness (QED) is 0.740. The largest absolute Gasteiger partial charge is 0.455 e. The Morgan fingerprint density at radius 1 is 1.31 bits per heavy atom. The predicted octanol–water partition coefficient (Wildman–Crippen LogP) is 1.81. The molecule has 3 nitrogen and oxygen atoms in total.